The number of terminal acetylenes is 1. The van der Waals surface area contributed by atoms with Crippen LogP contribution in [0.25, 0.3) is 0 Å². The van der Waals surface area contributed by atoms with Crippen LogP contribution in [0.2, 0.25) is 0 Å². The van der Waals surface area contributed by atoms with E-state index in [-0.39, 0.29) is 0 Å². The summed E-state index contributed by atoms with van der Waals surface area (Å²) in [5, 5.41) is 3.79. The van der Waals surface area contributed by atoms with E-state index >= 15 is 0 Å². The van der Waals surface area contributed by atoms with Crippen molar-refractivity contribution in [2.45, 2.75) is 31.7 Å². The van der Waals surface area contributed by atoms with Gasteiger partial charge in [-0.15, -0.1) is 6.42 Å². The van der Waals surface area contributed by atoms with Crippen molar-refractivity contribution >= 4 is 0 Å². The van der Waals surface area contributed by atoms with Crippen LogP contribution < -0.4 is 5.32 Å². The lowest BCUT2D eigenvalue weighted by atomic mass is 9.96. The normalized spacial score (nSPS) is 25.8. The van der Waals surface area contributed by atoms with Crippen LogP contribution >= 0.6 is 0 Å². The third-order valence-corrected chi connectivity index (χ3v) is 4.81. The molecule has 1 N–H and O–H groups in total. The molecular weight excluding hydrogens is 262 g/mol. The molecule has 120 valence electrons. The lowest BCUT2D eigenvalue weighted by Crippen LogP contribution is -2.46. The van der Waals surface area contributed by atoms with Gasteiger partial charge in [-0.1, -0.05) is 5.92 Å². The van der Waals surface area contributed by atoms with E-state index in [0.717, 1.165) is 38.7 Å². The summed E-state index contributed by atoms with van der Waals surface area (Å²) in [5.74, 6) is 3.55. The van der Waals surface area contributed by atoms with E-state index in [4.69, 9.17) is 11.2 Å². The highest BCUT2D eigenvalue weighted by atomic mass is 16.5. The zero-order valence-corrected chi connectivity index (χ0v) is 13.5. The Kier molecular flexibility index (Phi) is 7.52. The zero-order valence-electron chi connectivity index (χ0n) is 13.5. The molecular formula is C17H31N3O. The first-order valence-electron chi connectivity index (χ1n) is 8.42. The summed E-state index contributed by atoms with van der Waals surface area (Å²) in [6.07, 6.45) is 10.6. The summed E-state index contributed by atoms with van der Waals surface area (Å²) >= 11 is 0. The number of likely N-dealkylation sites (tertiary alicyclic amines) is 2. The fourth-order valence-corrected chi connectivity index (χ4v) is 3.50. The third-order valence-electron chi connectivity index (χ3n) is 4.81. The Morgan fingerprint density at radius 3 is 2.71 bits per heavy atom. The molecule has 0 amide bonds. The van der Waals surface area contributed by atoms with Crippen LogP contribution in [0.1, 0.15) is 25.7 Å². The molecule has 0 unspecified atom stereocenters. The molecule has 2 rings (SSSR count). The van der Waals surface area contributed by atoms with E-state index in [1.54, 1.807) is 7.11 Å². The number of hydrogen-bond donors (Lipinski definition) is 1. The number of rotatable bonds is 7. The number of ether oxygens (including phenoxy) is 1. The fourth-order valence-electron chi connectivity index (χ4n) is 3.50. The van der Waals surface area contributed by atoms with Gasteiger partial charge in [-0.2, -0.15) is 0 Å². The van der Waals surface area contributed by atoms with Gasteiger partial charge in [0.15, 0.2) is 0 Å². The van der Waals surface area contributed by atoms with Gasteiger partial charge in [0.25, 0.3) is 0 Å². The summed E-state index contributed by atoms with van der Waals surface area (Å²) in [4.78, 5) is 4.93. The molecule has 2 fully saturated rings. The average molecular weight is 293 g/mol. The highest BCUT2D eigenvalue weighted by Gasteiger charge is 2.22. The first-order chi connectivity index (χ1) is 10.3. The summed E-state index contributed by atoms with van der Waals surface area (Å²) < 4.78 is 5.19. The Bertz CT molecular complexity index is 320. The standard InChI is InChI=1S/C17H31N3O/c1-3-8-19-10-6-17(7-11-19)18-14-16-5-4-9-20(15-16)12-13-21-2/h1,16-18H,4-15H2,2H3/t16-/m1/s1. The van der Waals surface area contributed by atoms with Crippen molar-refractivity contribution in [2.75, 3.05) is 59.5 Å². The second-order valence-electron chi connectivity index (χ2n) is 6.46. The SMILES string of the molecule is C#CCN1CCC(NC[C@H]2CCCN(CCOC)C2)CC1. The van der Waals surface area contributed by atoms with E-state index < -0.39 is 0 Å². The van der Waals surface area contributed by atoms with Gasteiger partial charge in [-0.05, 0) is 44.7 Å². The number of nitrogens with zero attached hydrogens (tertiary/aromatic N) is 2. The first-order valence-corrected chi connectivity index (χ1v) is 8.42. The first kappa shape index (κ1) is 16.8. The van der Waals surface area contributed by atoms with E-state index in [1.807, 2.05) is 0 Å². The van der Waals surface area contributed by atoms with Gasteiger partial charge in [0.05, 0.1) is 13.2 Å². The van der Waals surface area contributed by atoms with Gasteiger partial charge < -0.3 is 15.0 Å². The molecule has 0 radical (unpaired) electrons. The van der Waals surface area contributed by atoms with Crippen LogP contribution in [0.15, 0.2) is 0 Å². The van der Waals surface area contributed by atoms with Crippen molar-refractivity contribution in [1.82, 2.24) is 15.1 Å². The monoisotopic (exact) mass is 293 g/mol. The van der Waals surface area contributed by atoms with Crippen molar-refractivity contribution in [3.63, 3.8) is 0 Å². The highest BCUT2D eigenvalue weighted by Crippen LogP contribution is 2.17. The number of hydrogen-bond acceptors (Lipinski definition) is 4. The molecule has 2 saturated heterocycles. The fraction of sp³-hybridized carbons (Fsp3) is 0.882. The maximum Gasteiger partial charge on any atom is 0.0598 e. The van der Waals surface area contributed by atoms with E-state index in [9.17, 15) is 0 Å². The molecule has 2 aliphatic rings. The molecule has 0 aromatic carbocycles. The number of piperidine rings is 2. The lowest BCUT2D eigenvalue weighted by molar-refractivity contribution is 0.112. The van der Waals surface area contributed by atoms with Crippen LogP contribution in [0.5, 0.6) is 0 Å². The number of methoxy groups -OCH3 is 1. The average Bonchev–Trinajstić information content (AvgIpc) is 2.53. The molecule has 0 saturated carbocycles. The molecule has 21 heavy (non-hydrogen) atoms. The van der Waals surface area contributed by atoms with Gasteiger partial charge >= 0.3 is 0 Å². The van der Waals surface area contributed by atoms with Crippen LogP contribution in [0.3, 0.4) is 0 Å². The smallest absolute Gasteiger partial charge is 0.0598 e. The van der Waals surface area contributed by atoms with Crippen LogP contribution in [0, 0.1) is 18.3 Å². The summed E-state index contributed by atoms with van der Waals surface area (Å²) in [7, 11) is 1.79. The maximum absolute atomic E-state index is 5.38. The Morgan fingerprint density at radius 2 is 2.00 bits per heavy atom. The maximum atomic E-state index is 5.38. The van der Waals surface area contributed by atoms with Crippen molar-refractivity contribution in [1.29, 1.82) is 0 Å². The van der Waals surface area contributed by atoms with Crippen molar-refractivity contribution in [2.24, 2.45) is 5.92 Å². The quantitative estimate of drug-likeness (QED) is 0.710. The minimum absolute atomic E-state index is 0.688. The zero-order chi connectivity index (χ0) is 14.9. The molecule has 0 aromatic heterocycles. The predicted molar refractivity (Wildman–Crippen MR) is 87.3 cm³/mol. The third kappa shape index (κ3) is 5.96. The molecule has 0 spiro atoms. The summed E-state index contributed by atoms with van der Waals surface area (Å²) in [6, 6.07) is 0.688. The molecule has 0 aliphatic carbocycles. The number of nitrogens with one attached hydrogen (secondary N) is 1. The van der Waals surface area contributed by atoms with Gasteiger partial charge in [0.2, 0.25) is 0 Å². The Balaban J connectivity index is 1.61. The second-order valence-corrected chi connectivity index (χ2v) is 6.46. The Morgan fingerprint density at radius 1 is 1.19 bits per heavy atom. The van der Waals surface area contributed by atoms with Crippen molar-refractivity contribution in [3.8, 4) is 12.3 Å². The van der Waals surface area contributed by atoms with Gasteiger partial charge in [-0.3, -0.25) is 4.90 Å². The van der Waals surface area contributed by atoms with Gasteiger partial charge in [0.1, 0.15) is 0 Å². The van der Waals surface area contributed by atoms with Gasteiger partial charge in [-0.25, -0.2) is 0 Å². The highest BCUT2D eigenvalue weighted by molar-refractivity contribution is 4.90. The second kappa shape index (κ2) is 9.42. The van der Waals surface area contributed by atoms with Crippen molar-refractivity contribution in [3.05, 3.63) is 0 Å². The summed E-state index contributed by atoms with van der Waals surface area (Å²) in [6.45, 7) is 8.67. The topological polar surface area (TPSA) is 27.7 Å². The molecule has 2 heterocycles. The molecule has 0 bridgehead atoms. The van der Waals surface area contributed by atoms with Crippen molar-refractivity contribution < 1.29 is 4.74 Å². The molecule has 4 nitrogen and oxygen atoms in total. The molecule has 2 aliphatic heterocycles. The lowest BCUT2D eigenvalue weighted by Gasteiger charge is -2.35. The van der Waals surface area contributed by atoms with E-state index in [2.05, 4.69) is 21.0 Å². The minimum Gasteiger partial charge on any atom is -0.383 e. The minimum atomic E-state index is 0.688. The predicted octanol–water partition coefficient (Wildman–Crippen LogP) is 1.03. The van der Waals surface area contributed by atoms with E-state index in [0.29, 0.717) is 6.04 Å². The van der Waals surface area contributed by atoms with Crippen LogP contribution in [-0.4, -0.2) is 75.4 Å². The summed E-state index contributed by atoms with van der Waals surface area (Å²) in [5.41, 5.74) is 0. The molecule has 4 heteroatoms. The molecule has 0 aromatic rings. The largest absolute Gasteiger partial charge is 0.383 e. The van der Waals surface area contributed by atoms with E-state index in [1.165, 1.54) is 45.3 Å². The van der Waals surface area contributed by atoms with Crippen LogP contribution in [0.4, 0.5) is 0 Å². The Hall–Kier alpha value is -0.600. The van der Waals surface area contributed by atoms with Gasteiger partial charge in [0, 0.05) is 39.3 Å². The Labute approximate surface area is 130 Å². The molecule has 1 atom stereocenters. The van der Waals surface area contributed by atoms with Crippen LogP contribution in [-0.2, 0) is 4.74 Å².